The number of carbonyl (C=O) groups is 2. The lowest BCUT2D eigenvalue weighted by atomic mass is 9.98. The van der Waals surface area contributed by atoms with Crippen LogP contribution in [0, 0.1) is 6.92 Å². The number of nitrogens with zero attached hydrogens (tertiary/aromatic N) is 4. The monoisotopic (exact) mass is 352 g/mol. The normalized spacial score (nSPS) is 10.9. The molecule has 1 aromatic carbocycles. The van der Waals surface area contributed by atoms with E-state index in [4.69, 9.17) is 4.74 Å². The predicted molar refractivity (Wildman–Crippen MR) is 95.3 cm³/mol. The van der Waals surface area contributed by atoms with Crippen LogP contribution in [0.2, 0.25) is 0 Å². The summed E-state index contributed by atoms with van der Waals surface area (Å²) in [5.74, 6) is -0.777. The van der Waals surface area contributed by atoms with E-state index in [1.54, 1.807) is 12.3 Å². The zero-order chi connectivity index (χ0) is 18.7. The molecule has 0 fully saturated rings. The second-order valence-corrected chi connectivity index (χ2v) is 5.93. The maximum absolute atomic E-state index is 12.5. The van der Waals surface area contributed by atoms with Gasteiger partial charge in [-0.1, -0.05) is 26.0 Å². The number of aromatic nitrogens is 4. The van der Waals surface area contributed by atoms with Crippen LogP contribution in [-0.4, -0.2) is 37.9 Å². The molecule has 3 rings (SSSR count). The molecule has 0 aliphatic carbocycles. The van der Waals surface area contributed by atoms with Gasteiger partial charge in [0, 0.05) is 17.5 Å². The molecule has 0 aliphatic heterocycles. The fourth-order valence-corrected chi connectivity index (χ4v) is 2.68. The standard InChI is InChI=1S/C19H20N4O3/c1-4-13-6-7-14(5-2)15(10-13)16(24)11-26-18(25)17-21-19-20-9-8-12(3)23(19)22-17/h6-10H,4-5,11H2,1-3H3. The average molecular weight is 352 g/mol. The van der Waals surface area contributed by atoms with Crippen LogP contribution in [0.5, 0.6) is 0 Å². The van der Waals surface area contributed by atoms with Crippen molar-refractivity contribution in [3.05, 3.63) is 58.7 Å². The van der Waals surface area contributed by atoms with Gasteiger partial charge in [0.2, 0.25) is 5.78 Å². The van der Waals surface area contributed by atoms with E-state index in [2.05, 4.69) is 15.1 Å². The fraction of sp³-hybridized carbons (Fsp3) is 0.316. The number of benzene rings is 1. The lowest BCUT2D eigenvalue weighted by Gasteiger charge is -2.09. The van der Waals surface area contributed by atoms with Crippen molar-refractivity contribution in [3.63, 3.8) is 0 Å². The molecular weight excluding hydrogens is 332 g/mol. The van der Waals surface area contributed by atoms with Gasteiger partial charge in [0.25, 0.3) is 11.6 Å². The van der Waals surface area contributed by atoms with Gasteiger partial charge in [0.15, 0.2) is 6.61 Å². The molecular formula is C19H20N4O3. The predicted octanol–water partition coefficient (Wildman–Crippen LogP) is 2.60. The highest BCUT2D eigenvalue weighted by atomic mass is 16.5. The third-order valence-corrected chi connectivity index (χ3v) is 4.21. The highest BCUT2D eigenvalue weighted by Gasteiger charge is 2.19. The molecule has 2 heterocycles. The van der Waals surface area contributed by atoms with Gasteiger partial charge in [0.05, 0.1) is 0 Å². The zero-order valence-corrected chi connectivity index (χ0v) is 15.0. The van der Waals surface area contributed by atoms with Gasteiger partial charge in [-0.05, 0) is 43.0 Å². The van der Waals surface area contributed by atoms with Gasteiger partial charge in [0.1, 0.15) is 0 Å². The molecule has 0 amide bonds. The van der Waals surface area contributed by atoms with E-state index >= 15 is 0 Å². The average Bonchev–Trinajstić information content (AvgIpc) is 3.11. The number of ketones is 1. The van der Waals surface area contributed by atoms with E-state index in [1.165, 1.54) is 4.52 Å². The molecule has 0 radical (unpaired) electrons. The van der Waals surface area contributed by atoms with Crippen molar-refractivity contribution in [3.8, 4) is 0 Å². The molecule has 134 valence electrons. The molecule has 3 aromatic rings. The van der Waals surface area contributed by atoms with E-state index < -0.39 is 5.97 Å². The molecule has 7 nitrogen and oxygen atoms in total. The summed E-state index contributed by atoms with van der Waals surface area (Å²) in [7, 11) is 0. The Morgan fingerprint density at radius 2 is 1.96 bits per heavy atom. The lowest BCUT2D eigenvalue weighted by molar-refractivity contribution is 0.0462. The van der Waals surface area contributed by atoms with E-state index in [-0.39, 0.29) is 18.2 Å². The SMILES string of the molecule is CCc1ccc(CC)c(C(=O)COC(=O)c2nc3nccc(C)n3n2)c1. The van der Waals surface area contributed by atoms with Crippen molar-refractivity contribution in [1.82, 2.24) is 19.6 Å². The maximum Gasteiger partial charge on any atom is 0.378 e. The Hall–Kier alpha value is -3.09. The van der Waals surface area contributed by atoms with Gasteiger partial charge >= 0.3 is 5.97 Å². The van der Waals surface area contributed by atoms with Crippen LogP contribution in [0.1, 0.15) is 51.6 Å². The number of hydrogen-bond donors (Lipinski definition) is 0. The Balaban J connectivity index is 1.74. The number of aryl methyl sites for hydroxylation is 3. The minimum atomic E-state index is -0.743. The lowest BCUT2D eigenvalue weighted by Crippen LogP contribution is -2.17. The smallest absolute Gasteiger partial charge is 0.378 e. The van der Waals surface area contributed by atoms with Crippen LogP contribution in [-0.2, 0) is 17.6 Å². The Labute approximate surface area is 151 Å². The number of rotatable bonds is 6. The summed E-state index contributed by atoms with van der Waals surface area (Å²) in [5, 5.41) is 4.08. The third-order valence-electron chi connectivity index (χ3n) is 4.21. The molecule has 0 aliphatic rings. The third kappa shape index (κ3) is 3.46. The molecule has 7 heteroatoms. The first-order valence-electron chi connectivity index (χ1n) is 8.54. The van der Waals surface area contributed by atoms with Crippen molar-refractivity contribution >= 4 is 17.5 Å². The minimum Gasteiger partial charge on any atom is -0.451 e. The highest BCUT2D eigenvalue weighted by molar-refractivity contribution is 6.00. The summed E-state index contributed by atoms with van der Waals surface area (Å²) in [6, 6.07) is 7.59. The van der Waals surface area contributed by atoms with Crippen molar-refractivity contribution in [2.75, 3.05) is 6.61 Å². The van der Waals surface area contributed by atoms with E-state index in [9.17, 15) is 9.59 Å². The van der Waals surface area contributed by atoms with Gasteiger partial charge in [-0.2, -0.15) is 4.98 Å². The molecule has 0 N–H and O–H groups in total. The second kappa shape index (κ2) is 7.43. The topological polar surface area (TPSA) is 86.5 Å². The van der Waals surface area contributed by atoms with Gasteiger partial charge in [-0.3, -0.25) is 4.79 Å². The molecule has 0 saturated heterocycles. The molecule has 0 unspecified atom stereocenters. The summed E-state index contributed by atoms with van der Waals surface area (Å²) in [5.41, 5.74) is 3.40. The molecule has 26 heavy (non-hydrogen) atoms. The number of carbonyl (C=O) groups excluding carboxylic acids is 2. The molecule has 2 aromatic heterocycles. The Morgan fingerprint density at radius 1 is 1.15 bits per heavy atom. The molecule has 0 bridgehead atoms. The quantitative estimate of drug-likeness (QED) is 0.501. The van der Waals surface area contributed by atoms with E-state index in [1.807, 2.05) is 39.0 Å². The Kier molecular flexibility index (Phi) is 5.06. The van der Waals surface area contributed by atoms with Gasteiger partial charge in [-0.25, -0.2) is 14.3 Å². The second-order valence-electron chi connectivity index (χ2n) is 5.93. The van der Waals surface area contributed by atoms with Crippen molar-refractivity contribution in [2.24, 2.45) is 0 Å². The molecule has 0 spiro atoms. The number of esters is 1. The molecule has 0 saturated carbocycles. The number of hydrogen-bond acceptors (Lipinski definition) is 6. The number of fused-ring (bicyclic) bond motifs is 1. The largest absolute Gasteiger partial charge is 0.451 e. The fourth-order valence-electron chi connectivity index (χ4n) is 2.68. The molecule has 0 atom stereocenters. The Morgan fingerprint density at radius 3 is 2.65 bits per heavy atom. The minimum absolute atomic E-state index is 0.113. The van der Waals surface area contributed by atoms with E-state index in [0.29, 0.717) is 11.3 Å². The first kappa shape index (κ1) is 17.7. The number of Topliss-reactive ketones (excluding diaryl/α,β-unsaturated/α-hetero) is 1. The van der Waals surface area contributed by atoms with Crippen molar-refractivity contribution in [2.45, 2.75) is 33.6 Å². The van der Waals surface area contributed by atoms with Crippen LogP contribution >= 0.6 is 0 Å². The van der Waals surface area contributed by atoms with Gasteiger partial charge in [-0.15, -0.1) is 5.10 Å². The maximum atomic E-state index is 12.5. The summed E-state index contributed by atoms with van der Waals surface area (Å²) < 4.78 is 6.59. The zero-order valence-electron chi connectivity index (χ0n) is 15.0. The summed E-state index contributed by atoms with van der Waals surface area (Å²) in [4.78, 5) is 32.8. The first-order chi connectivity index (χ1) is 12.5. The Bertz CT molecular complexity index is 978. The van der Waals surface area contributed by atoms with Crippen LogP contribution in [0.3, 0.4) is 0 Å². The summed E-state index contributed by atoms with van der Waals surface area (Å²) in [6.07, 6.45) is 3.16. The van der Waals surface area contributed by atoms with Crippen molar-refractivity contribution in [1.29, 1.82) is 0 Å². The van der Waals surface area contributed by atoms with Crippen LogP contribution < -0.4 is 0 Å². The summed E-state index contributed by atoms with van der Waals surface area (Å²) >= 11 is 0. The first-order valence-corrected chi connectivity index (χ1v) is 8.54. The highest BCUT2D eigenvalue weighted by Crippen LogP contribution is 2.15. The van der Waals surface area contributed by atoms with Crippen LogP contribution in [0.4, 0.5) is 0 Å². The van der Waals surface area contributed by atoms with Crippen LogP contribution in [0.15, 0.2) is 30.5 Å². The number of ether oxygens (including phenoxy) is 1. The van der Waals surface area contributed by atoms with Gasteiger partial charge < -0.3 is 4.74 Å². The van der Waals surface area contributed by atoms with Crippen LogP contribution in [0.25, 0.3) is 5.78 Å². The van der Waals surface area contributed by atoms with E-state index in [0.717, 1.165) is 29.7 Å². The summed E-state index contributed by atoms with van der Waals surface area (Å²) in [6.45, 7) is 5.50. The van der Waals surface area contributed by atoms with Crippen molar-refractivity contribution < 1.29 is 14.3 Å².